The average molecular weight is 356 g/mol. The number of nitrogens with zero attached hydrogens (tertiary/aromatic N) is 1. The van der Waals surface area contributed by atoms with Crippen LogP contribution >= 0.6 is 22.9 Å². The van der Waals surface area contributed by atoms with Gasteiger partial charge in [-0.3, -0.25) is 4.79 Å². The van der Waals surface area contributed by atoms with Gasteiger partial charge in [-0.05, 0) is 28.8 Å². The standard InChI is InChI=1S/C20H18ClNOS/c1-22(14-18-11-12-19(21)24-18)20(23)13-15-7-9-17(10-8-15)16-5-3-2-4-6-16/h2-12H,13-14H2,1H3. The van der Waals surface area contributed by atoms with Gasteiger partial charge in [0, 0.05) is 11.9 Å². The first-order valence-corrected chi connectivity index (χ1v) is 8.94. The lowest BCUT2D eigenvalue weighted by molar-refractivity contribution is -0.129. The molecule has 0 aliphatic rings. The molecule has 1 amide bonds. The van der Waals surface area contributed by atoms with Gasteiger partial charge in [0.25, 0.3) is 0 Å². The maximum Gasteiger partial charge on any atom is 0.227 e. The molecule has 2 aromatic carbocycles. The second kappa shape index (κ2) is 7.65. The molecule has 0 aliphatic carbocycles. The number of hydrogen-bond donors (Lipinski definition) is 0. The zero-order valence-electron chi connectivity index (χ0n) is 13.4. The van der Waals surface area contributed by atoms with Crippen LogP contribution in [-0.4, -0.2) is 17.9 Å². The number of likely N-dealkylation sites (N-methyl/N-ethyl adjacent to an activating group) is 1. The summed E-state index contributed by atoms with van der Waals surface area (Å²) in [5.74, 6) is 0.104. The van der Waals surface area contributed by atoms with Crippen molar-refractivity contribution in [3.05, 3.63) is 81.5 Å². The minimum absolute atomic E-state index is 0.104. The van der Waals surface area contributed by atoms with Crippen molar-refractivity contribution in [1.82, 2.24) is 4.90 Å². The number of thiophene rings is 1. The minimum Gasteiger partial charge on any atom is -0.340 e. The Kier molecular flexibility index (Phi) is 5.34. The average Bonchev–Trinajstić information content (AvgIpc) is 3.01. The summed E-state index contributed by atoms with van der Waals surface area (Å²) in [6, 6.07) is 22.2. The van der Waals surface area contributed by atoms with Crippen LogP contribution in [0, 0.1) is 0 Å². The van der Waals surface area contributed by atoms with E-state index in [9.17, 15) is 4.79 Å². The van der Waals surface area contributed by atoms with E-state index in [-0.39, 0.29) is 5.91 Å². The molecule has 2 nitrogen and oxygen atoms in total. The van der Waals surface area contributed by atoms with Crippen LogP contribution in [0.3, 0.4) is 0 Å². The molecule has 0 atom stereocenters. The lowest BCUT2D eigenvalue weighted by atomic mass is 10.0. The van der Waals surface area contributed by atoms with Gasteiger partial charge in [0.1, 0.15) is 0 Å². The van der Waals surface area contributed by atoms with Crippen LogP contribution in [-0.2, 0) is 17.8 Å². The summed E-state index contributed by atoms with van der Waals surface area (Å²) in [4.78, 5) is 15.2. The van der Waals surface area contributed by atoms with Gasteiger partial charge in [-0.15, -0.1) is 11.3 Å². The van der Waals surface area contributed by atoms with E-state index in [0.29, 0.717) is 13.0 Å². The summed E-state index contributed by atoms with van der Waals surface area (Å²) in [6.07, 6.45) is 0.407. The van der Waals surface area contributed by atoms with Crippen molar-refractivity contribution in [2.45, 2.75) is 13.0 Å². The van der Waals surface area contributed by atoms with Gasteiger partial charge in [-0.25, -0.2) is 0 Å². The fourth-order valence-corrected chi connectivity index (χ4v) is 3.66. The highest BCUT2D eigenvalue weighted by atomic mass is 35.5. The number of rotatable bonds is 5. The minimum atomic E-state index is 0.104. The molecule has 0 radical (unpaired) electrons. The number of carbonyl (C=O) groups is 1. The van der Waals surface area contributed by atoms with Crippen molar-refractivity contribution in [1.29, 1.82) is 0 Å². The van der Waals surface area contributed by atoms with Gasteiger partial charge in [0.15, 0.2) is 0 Å². The SMILES string of the molecule is CN(Cc1ccc(Cl)s1)C(=O)Cc1ccc(-c2ccccc2)cc1. The third-order valence-corrected chi connectivity index (χ3v) is 5.08. The molecule has 1 heterocycles. The Labute approximate surface area is 151 Å². The summed E-state index contributed by atoms with van der Waals surface area (Å²) < 4.78 is 0.752. The van der Waals surface area contributed by atoms with E-state index < -0.39 is 0 Å². The number of halogens is 1. The maximum atomic E-state index is 12.4. The molecule has 0 bridgehead atoms. The maximum absolute atomic E-state index is 12.4. The summed E-state index contributed by atoms with van der Waals surface area (Å²) in [6.45, 7) is 0.596. The first-order valence-electron chi connectivity index (χ1n) is 7.74. The highest BCUT2D eigenvalue weighted by Crippen LogP contribution is 2.23. The van der Waals surface area contributed by atoms with Crippen LogP contribution in [0.2, 0.25) is 4.34 Å². The molecule has 24 heavy (non-hydrogen) atoms. The van der Waals surface area contributed by atoms with Crippen molar-refractivity contribution in [2.24, 2.45) is 0 Å². The molecule has 122 valence electrons. The molecule has 0 saturated heterocycles. The highest BCUT2D eigenvalue weighted by molar-refractivity contribution is 7.16. The Morgan fingerprint density at radius 1 is 0.958 bits per heavy atom. The molecule has 0 fully saturated rings. The lowest BCUT2D eigenvalue weighted by Gasteiger charge is -2.16. The quantitative estimate of drug-likeness (QED) is 0.610. The van der Waals surface area contributed by atoms with E-state index in [1.165, 1.54) is 16.9 Å². The Morgan fingerprint density at radius 2 is 1.62 bits per heavy atom. The summed E-state index contributed by atoms with van der Waals surface area (Å²) in [5, 5.41) is 0. The van der Waals surface area contributed by atoms with Crippen molar-refractivity contribution in [2.75, 3.05) is 7.05 Å². The Hall–Kier alpha value is -2.10. The summed E-state index contributed by atoms with van der Waals surface area (Å²) >= 11 is 7.44. The van der Waals surface area contributed by atoms with Crippen LogP contribution < -0.4 is 0 Å². The van der Waals surface area contributed by atoms with Crippen molar-refractivity contribution in [3.63, 3.8) is 0 Å². The largest absolute Gasteiger partial charge is 0.340 e. The molecule has 0 spiro atoms. The number of carbonyl (C=O) groups excluding carboxylic acids is 1. The smallest absolute Gasteiger partial charge is 0.227 e. The molecule has 0 aliphatic heterocycles. The lowest BCUT2D eigenvalue weighted by Crippen LogP contribution is -2.27. The molecular formula is C20H18ClNOS. The van der Waals surface area contributed by atoms with E-state index in [1.54, 1.807) is 4.90 Å². The highest BCUT2D eigenvalue weighted by Gasteiger charge is 2.11. The van der Waals surface area contributed by atoms with E-state index in [4.69, 9.17) is 11.6 Å². The van der Waals surface area contributed by atoms with Crippen molar-refractivity contribution >= 4 is 28.8 Å². The van der Waals surface area contributed by atoms with Gasteiger partial charge in [-0.2, -0.15) is 0 Å². The number of benzene rings is 2. The van der Waals surface area contributed by atoms with E-state index in [2.05, 4.69) is 24.3 Å². The van der Waals surface area contributed by atoms with Gasteiger partial charge >= 0.3 is 0 Å². The summed E-state index contributed by atoms with van der Waals surface area (Å²) in [7, 11) is 1.83. The fourth-order valence-electron chi connectivity index (χ4n) is 2.51. The van der Waals surface area contributed by atoms with Gasteiger partial charge in [0.2, 0.25) is 5.91 Å². The molecule has 3 aromatic rings. The predicted octanol–water partition coefficient (Wildman–Crippen LogP) is 5.27. The molecule has 4 heteroatoms. The van der Waals surface area contributed by atoms with E-state index in [0.717, 1.165) is 20.3 Å². The fraction of sp³-hybridized carbons (Fsp3) is 0.150. The van der Waals surface area contributed by atoms with Crippen LogP contribution in [0.4, 0.5) is 0 Å². The van der Waals surface area contributed by atoms with Crippen LogP contribution in [0.1, 0.15) is 10.4 Å². The second-order valence-corrected chi connectivity index (χ2v) is 7.49. The first-order chi connectivity index (χ1) is 11.6. The third-order valence-electron chi connectivity index (χ3n) is 3.86. The zero-order chi connectivity index (χ0) is 16.9. The second-order valence-electron chi connectivity index (χ2n) is 5.70. The molecule has 0 saturated carbocycles. The van der Waals surface area contributed by atoms with E-state index >= 15 is 0 Å². The molecule has 3 rings (SSSR count). The van der Waals surface area contributed by atoms with Crippen LogP contribution in [0.5, 0.6) is 0 Å². The molecule has 1 aromatic heterocycles. The van der Waals surface area contributed by atoms with E-state index in [1.807, 2.05) is 49.5 Å². The molecule has 0 unspecified atom stereocenters. The van der Waals surface area contributed by atoms with Crippen LogP contribution in [0.25, 0.3) is 11.1 Å². The monoisotopic (exact) mass is 355 g/mol. The Bertz CT molecular complexity index is 811. The normalized spacial score (nSPS) is 10.6. The van der Waals surface area contributed by atoms with Crippen molar-refractivity contribution < 1.29 is 4.79 Å². The molecular weight excluding hydrogens is 338 g/mol. The Morgan fingerprint density at radius 3 is 2.25 bits per heavy atom. The topological polar surface area (TPSA) is 20.3 Å². The zero-order valence-corrected chi connectivity index (χ0v) is 15.0. The Balaban J connectivity index is 1.62. The van der Waals surface area contributed by atoms with Gasteiger partial charge < -0.3 is 4.90 Å². The summed E-state index contributed by atoms with van der Waals surface area (Å²) in [5.41, 5.74) is 3.37. The van der Waals surface area contributed by atoms with Crippen LogP contribution in [0.15, 0.2) is 66.7 Å². The predicted molar refractivity (Wildman–Crippen MR) is 101 cm³/mol. The number of hydrogen-bond acceptors (Lipinski definition) is 2. The first kappa shape index (κ1) is 16.7. The molecule has 0 N–H and O–H groups in total. The van der Waals surface area contributed by atoms with Crippen molar-refractivity contribution in [3.8, 4) is 11.1 Å². The number of amides is 1. The van der Waals surface area contributed by atoms with Gasteiger partial charge in [-0.1, -0.05) is 66.2 Å². The third kappa shape index (κ3) is 4.25. The van der Waals surface area contributed by atoms with Gasteiger partial charge in [0.05, 0.1) is 17.3 Å².